The molecule has 0 aliphatic rings. The molecule has 0 atom stereocenters. The van der Waals surface area contributed by atoms with Gasteiger partial charge in [-0.15, -0.1) is 0 Å². The van der Waals surface area contributed by atoms with Crippen LogP contribution in [0.1, 0.15) is 29.8 Å². The van der Waals surface area contributed by atoms with Gasteiger partial charge in [0.2, 0.25) is 0 Å². The van der Waals surface area contributed by atoms with Gasteiger partial charge in [0.15, 0.2) is 0 Å². The molecule has 0 spiro atoms. The third-order valence-electron chi connectivity index (χ3n) is 4.55. The molecule has 3 aromatic rings. The fraction of sp³-hybridized carbons (Fsp3) is 0.115. The van der Waals surface area contributed by atoms with Crippen molar-refractivity contribution in [3.05, 3.63) is 90.0 Å². The zero-order chi connectivity index (χ0) is 26.6. The van der Waals surface area contributed by atoms with E-state index >= 15 is 0 Å². The SMILES string of the molecule is C=C(C)C(=O)Oc1ccc(-c2ccc(OC(=O)c3ccc(OC(=O)C(=C)C)cc3C(F)(F)F)o2)cc1. The molecule has 36 heavy (non-hydrogen) atoms. The summed E-state index contributed by atoms with van der Waals surface area (Å²) in [6.07, 6.45) is -4.94. The monoisotopic (exact) mass is 500 g/mol. The number of hydrogen-bond acceptors (Lipinski definition) is 7. The van der Waals surface area contributed by atoms with Crippen molar-refractivity contribution in [2.75, 3.05) is 0 Å². The Balaban J connectivity index is 1.78. The first kappa shape index (κ1) is 26.0. The van der Waals surface area contributed by atoms with Gasteiger partial charge in [0.1, 0.15) is 17.3 Å². The normalized spacial score (nSPS) is 10.9. The maximum Gasteiger partial charge on any atom is 0.417 e. The average Bonchev–Trinajstić information content (AvgIpc) is 3.27. The number of carbonyl (C=O) groups excluding carboxylic acids is 3. The van der Waals surface area contributed by atoms with Gasteiger partial charge in [-0.05, 0) is 62.4 Å². The minimum atomic E-state index is -4.94. The van der Waals surface area contributed by atoms with Gasteiger partial charge < -0.3 is 18.6 Å². The van der Waals surface area contributed by atoms with E-state index in [1.165, 1.54) is 38.1 Å². The summed E-state index contributed by atoms with van der Waals surface area (Å²) in [7, 11) is 0. The van der Waals surface area contributed by atoms with Crippen molar-refractivity contribution in [1.82, 2.24) is 0 Å². The average molecular weight is 500 g/mol. The van der Waals surface area contributed by atoms with E-state index in [1.54, 1.807) is 12.1 Å². The predicted molar refractivity (Wildman–Crippen MR) is 121 cm³/mol. The van der Waals surface area contributed by atoms with Crippen molar-refractivity contribution < 1.29 is 46.2 Å². The molecular weight excluding hydrogens is 481 g/mol. The number of hydrogen-bond donors (Lipinski definition) is 0. The number of halogens is 3. The third-order valence-corrected chi connectivity index (χ3v) is 4.55. The molecular formula is C26H19F3O7. The Bertz CT molecular complexity index is 1350. The lowest BCUT2D eigenvalue weighted by Crippen LogP contribution is -2.17. The quantitative estimate of drug-likeness (QED) is 0.218. The highest BCUT2D eigenvalue weighted by Gasteiger charge is 2.37. The molecule has 0 amide bonds. The molecule has 0 saturated heterocycles. The second kappa shape index (κ2) is 10.3. The van der Waals surface area contributed by atoms with Crippen LogP contribution in [0.5, 0.6) is 17.4 Å². The molecule has 3 rings (SSSR count). The summed E-state index contributed by atoms with van der Waals surface area (Å²) in [4.78, 5) is 35.7. The lowest BCUT2D eigenvalue weighted by Gasteiger charge is -2.13. The molecule has 10 heteroatoms. The third kappa shape index (κ3) is 6.29. The van der Waals surface area contributed by atoms with E-state index in [-0.39, 0.29) is 28.6 Å². The standard InChI is InChI=1S/C26H19F3O7/c1-14(2)23(30)33-17-7-5-16(6-8-17)21-11-12-22(35-21)36-25(32)19-10-9-18(34-24(31)15(3)4)13-20(19)26(27,28)29/h5-13H,1,3H2,2,4H3. The number of rotatable bonds is 7. The van der Waals surface area contributed by atoms with E-state index in [0.717, 1.165) is 12.1 Å². The molecule has 0 bridgehead atoms. The van der Waals surface area contributed by atoms with Gasteiger partial charge in [-0.1, -0.05) is 13.2 Å². The van der Waals surface area contributed by atoms with Crippen LogP contribution in [-0.2, 0) is 15.8 Å². The van der Waals surface area contributed by atoms with Gasteiger partial charge in [-0.25, -0.2) is 14.4 Å². The van der Waals surface area contributed by atoms with Gasteiger partial charge in [-0.3, -0.25) is 0 Å². The zero-order valence-electron chi connectivity index (χ0n) is 19.1. The first-order valence-corrected chi connectivity index (χ1v) is 10.2. The summed E-state index contributed by atoms with van der Waals surface area (Å²) in [6, 6.07) is 11.2. The first-order chi connectivity index (χ1) is 16.8. The molecule has 0 aliphatic heterocycles. The van der Waals surface area contributed by atoms with Crippen LogP contribution in [-0.4, -0.2) is 17.9 Å². The van der Waals surface area contributed by atoms with Gasteiger partial charge in [-0.2, -0.15) is 13.2 Å². The molecule has 7 nitrogen and oxygen atoms in total. The largest absolute Gasteiger partial charge is 0.425 e. The van der Waals surface area contributed by atoms with Crippen molar-refractivity contribution in [3.63, 3.8) is 0 Å². The highest BCUT2D eigenvalue weighted by atomic mass is 19.4. The number of ether oxygens (including phenoxy) is 3. The van der Waals surface area contributed by atoms with Crippen LogP contribution >= 0.6 is 0 Å². The summed E-state index contributed by atoms with van der Waals surface area (Å²) in [5, 5.41) is 0. The molecule has 2 aromatic carbocycles. The topological polar surface area (TPSA) is 92.0 Å². The fourth-order valence-electron chi connectivity index (χ4n) is 2.75. The lowest BCUT2D eigenvalue weighted by atomic mass is 10.1. The maximum atomic E-state index is 13.6. The minimum Gasteiger partial charge on any atom is -0.425 e. The number of esters is 3. The second-order valence-electron chi connectivity index (χ2n) is 7.58. The summed E-state index contributed by atoms with van der Waals surface area (Å²) in [5.74, 6) is -3.08. The Morgan fingerprint density at radius 2 is 1.33 bits per heavy atom. The molecule has 0 radical (unpaired) electrons. The Labute approximate surface area is 203 Å². The van der Waals surface area contributed by atoms with Crippen molar-refractivity contribution >= 4 is 17.9 Å². The van der Waals surface area contributed by atoms with Crippen LogP contribution in [0.2, 0.25) is 0 Å². The number of carbonyl (C=O) groups is 3. The summed E-state index contributed by atoms with van der Waals surface area (Å²) < 4.78 is 61.1. The second-order valence-corrected chi connectivity index (χ2v) is 7.58. The number of alkyl halides is 3. The van der Waals surface area contributed by atoms with Crippen LogP contribution in [0.3, 0.4) is 0 Å². The molecule has 0 saturated carbocycles. The molecule has 1 aromatic heterocycles. The van der Waals surface area contributed by atoms with Crippen molar-refractivity contribution in [1.29, 1.82) is 0 Å². The Morgan fingerprint density at radius 1 is 0.778 bits per heavy atom. The lowest BCUT2D eigenvalue weighted by molar-refractivity contribution is -0.138. The number of furan rings is 1. The molecule has 0 N–H and O–H groups in total. The van der Waals surface area contributed by atoms with Crippen LogP contribution in [0.4, 0.5) is 13.2 Å². The molecule has 0 unspecified atom stereocenters. The van der Waals surface area contributed by atoms with Crippen LogP contribution in [0, 0.1) is 0 Å². The van der Waals surface area contributed by atoms with Gasteiger partial charge in [0.25, 0.3) is 5.95 Å². The predicted octanol–water partition coefficient (Wildman–Crippen LogP) is 6.15. The summed E-state index contributed by atoms with van der Waals surface area (Å²) in [5.41, 5.74) is -1.42. The van der Waals surface area contributed by atoms with Crippen molar-refractivity contribution in [2.45, 2.75) is 20.0 Å². The van der Waals surface area contributed by atoms with E-state index in [1.807, 2.05) is 0 Å². The van der Waals surface area contributed by atoms with Crippen LogP contribution in [0.15, 0.2) is 83.3 Å². The summed E-state index contributed by atoms with van der Waals surface area (Å²) >= 11 is 0. The Morgan fingerprint density at radius 3 is 1.89 bits per heavy atom. The molecule has 0 fully saturated rings. The van der Waals surface area contributed by atoms with Crippen molar-refractivity contribution in [2.24, 2.45) is 0 Å². The van der Waals surface area contributed by atoms with Crippen LogP contribution in [0.25, 0.3) is 11.3 Å². The van der Waals surface area contributed by atoms with E-state index in [4.69, 9.17) is 18.6 Å². The minimum absolute atomic E-state index is 0.0109. The van der Waals surface area contributed by atoms with E-state index < -0.39 is 41.0 Å². The smallest absolute Gasteiger partial charge is 0.417 e. The Kier molecular flexibility index (Phi) is 7.47. The molecule has 0 aliphatic carbocycles. The molecule has 186 valence electrons. The van der Waals surface area contributed by atoms with E-state index in [2.05, 4.69) is 13.2 Å². The van der Waals surface area contributed by atoms with Gasteiger partial charge in [0.05, 0.1) is 11.1 Å². The van der Waals surface area contributed by atoms with Gasteiger partial charge >= 0.3 is 24.1 Å². The first-order valence-electron chi connectivity index (χ1n) is 10.2. The molecule has 1 heterocycles. The highest BCUT2D eigenvalue weighted by molar-refractivity contribution is 5.93. The Hall–Kier alpha value is -4.60. The van der Waals surface area contributed by atoms with Crippen molar-refractivity contribution in [3.8, 4) is 28.8 Å². The summed E-state index contributed by atoms with van der Waals surface area (Å²) in [6.45, 7) is 9.69. The van der Waals surface area contributed by atoms with Gasteiger partial charge in [0, 0.05) is 22.8 Å². The van der Waals surface area contributed by atoms with Crippen LogP contribution < -0.4 is 14.2 Å². The number of benzene rings is 2. The zero-order valence-corrected chi connectivity index (χ0v) is 19.1. The van der Waals surface area contributed by atoms with E-state index in [0.29, 0.717) is 11.6 Å². The fourth-order valence-corrected chi connectivity index (χ4v) is 2.75. The van der Waals surface area contributed by atoms with E-state index in [9.17, 15) is 27.6 Å². The maximum absolute atomic E-state index is 13.6. The highest BCUT2D eigenvalue weighted by Crippen LogP contribution is 2.36.